The van der Waals surface area contributed by atoms with E-state index in [-0.39, 0.29) is 11.7 Å². The van der Waals surface area contributed by atoms with Crippen LogP contribution in [0.2, 0.25) is 0 Å². The summed E-state index contributed by atoms with van der Waals surface area (Å²) in [6.07, 6.45) is 1.51. The average molecular weight is 399 g/mol. The smallest absolute Gasteiger partial charge is 0.347 e. The second-order valence-electron chi connectivity index (χ2n) is 5.49. The third-order valence-corrected chi connectivity index (χ3v) is 4.52. The van der Waals surface area contributed by atoms with E-state index in [0.717, 1.165) is 0 Å². The number of nitrogens with zero attached hydrogens (tertiary/aromatic N) is 2. The molecule has 0 radical (unpaired) electrons. The molecule has 1 heterocycles. The first-order valence-electron chi connectivity index (χ1n) is 8.17. The Balaban J connectivity index is 1.74. The van der Waals surface area contributed by atoms with E-state index in [1.807, 2.05) is 0 Å². The highest BCUT2D eigenvalue weighted by atomic mass is 32.2. The molecule has 0 unspecified atom stereocenters. The maximum absolute atomic E-state index is 12.5. The van der Waals surface area contributed by atoms with Crippen LogP contribution in [0.1, 0.15) is 15.9 Å². The first kappa shape index (κ1) is 19.4. The molecule has 0 atom stereocenters. The van der Waals surface area contributed by atoms with E-state index in [2.05, 4.69) is 15.5 Å². The van der Waals surface area contributed by atoms with Crippen LogP contribution in [0.5, 0.6) is 17.2 Å². The molecule has 1 saturated heterocycles. The van der Waals surface area contributed by atoms with Gasteiger partial charge in [0.25, 0.3) is 0 Å². The van der Waals surface area contributed by atoms with Gasteiger partial charge in [0.2, 0.25) is 5.91 Å². The van der Waals surface area contributed by atoms with E-state index < -0.39 is 5.97 Å². The molecule has 28 heavy (non-hydrogen) atoms. The van der Waals surface area contributed by atoms with Gasteiger partial charge in [-0.1, -0.05) is 23.9 Å². The van der Waals surface area contributed by atoms with Crippen molar-refractivity contribution in [2.45, 2.75) is 0 Å². The molecule has 1 aliphatic heterocycles. The number of esters is 1. The van der Waals surface area contributed by atoms with E-state index in [4.69, 9.17) is 14.2 Å². The Morgan fingerprint density at radius 2 is 1.89 bits per heavy atom. The quantitative estimate of drug-likeness (QED) is 0.347. The lowest BCUT2D eigenvalue weighted by atomic mass is 10.2. The molecule has 2 aromatic rings. The summed E-state index contributed by atoms with van der Waals surface area (Å²) in [5.74, 6) is 0.739. The van der Waals surface area contributed by atoms with E-state index in [1.54, 1.807) is 42.5 Å². The summed E-state index contributed by atoms with van der Waals surface area (Å²) in [5, 5.41) is 10.9. The summed E-state index contributed by atoms with van der Waals surface area (Å²) < 4.78 is 15.9. The Morgan fingerprint density at radius 1 is 1.11 bits per heavy atom. The van der Waals surface area contributed by atoms with Gasteiger partial charge in [-0.2, -0.15) is 5.10 Å². The maximum Gasteiger partial charge on any atom is 0.347 e. The lowest BCUT2D eigenvalue weighted by Crippen LogP contribution is -2.19. The van der Waals surface area contributed by atoms with E-state index >= 15 is 0 Å². The molecule has 0 saturated carbocycles. The lowest BCUT2D eigenvalue weighted by molar-refractivity contribution is -0.116. The zero-order valence-electron chi connectivity index (χ0n) is 15.2. The van der Waals surface area contributed by atoms with Gasteiger partial charge in [-0.15, -0.1) is 5.10 Å². The SMILES string of the molecule is COc1cc(/C=N/N=C2/NC(=O)CS2)ccc1OC(=O)c1ccccc1OC. The monoisotopic (exact) mass is 399 g/mol. The summed E-state index contributed by atoms with van der Waals surface area (Å²) in [4.78, 5) is 23.6. The van der Waals surface area contributed by atoms with Crippen molar-refractivity contribution >= 4 is 35.0 Å². The number of hydrogen-bond donors (Lipinski definition) is 1. The molecular weight excluding hydrogens is 382 g/mol. The minimum Gasteiger partial charge on any atom is -0.496 e. The molecule has 0 aromatic heterocycles. The number of thioether (sulfide) groups is 1. The molecule has 2 aromatic carbocycles. The van der Waals surface area contributed by atoms with Crippen LogP contribution in [0, 0.1) is 0 Å². The van der Waals surface area contributed by atoms with Crippen molar-refractivity contribution in [3.05, 3.63) is 53.6 Å². The Bertz CT molecular complexity index is 958. The van der Waals surface area contributed by atoms with E-state index in [1.165, 1.54) is 32.2 Å². The van der Waals surface area contributed by atoms with Crippen LogP contribution in [-0.2, 0) is 4.79 Å². The van der Waals surface area contributed by atoms with Gasteiger partial charge in [0.05, 0.1) is 26.2 Å². The average Bonchev–Trinajstić information content (AvgIpc) is 3.13. The summed E-state index contributed by atoms with van der Waals surface area (Å²) >= 11 is 1.29. The maximum atomic E-state index is 12.5. The van der Waals surface area contributed by atoms with Crippen molar-refractivity contribution in [3.63, 3.8) is 0 Å². The molecule has 1 fully saturated rings. The summed E-state index contributed by atoms with van der Waals surface area (Å²) in [6, 6.07) is 11.8. The Labute approximate surface area is 165 Å². The number of benzene rings is 2. The van der Waals surface area contributed by atoms with Crippen molar-refractivity contribution in [1.29, 1.82) is 0 Å². The summed E-state index contributed by atoms with van der Waals surface area (Å²) in [5.41, 5.74) is 0.997. The molecule has 8 nitrogen and oxygen atoms in total. The van der Waals surface area contributed by atoms with Gasteiger partial charge >= 0.3 is 5.97 Å². The summed E-state index contributed by atoms with van der Waals surface area (Å²) in [7, 11) is 2.96. The zero-order chi connectivity index (χ0) is 19.9. The van der Waals surface area contributed by atoms with Crippen LogP contribution >= 0.6 is 11.8 Å². The highest BCUT2D eigenvalue weighted by Gasteiger charge is 2.17. The van der Waals surface area contributed by atoms with Crippen molar-refractivity contribution in [2.75, 3.05) is 20.0 Å². The van der Waals surface area contributed by atoms with E-state index in [0.29, 0.717) is 33.5 Å². The second-order valence-corrected chi connectivity index (χ2v) is 6.45. The molecule has 3 rings (SSSR count). The first-order valence-corrected chi connectivity index (χ1v) is 9.16. The molecule has 0 spiro atoms. The standard InChI is InChI=1S/C19H17N3O5S/c1-25-14-6-4-3-5-13(14)18(24)27-15-8-7-12(9-16(15)26-2)10-20-22-19-21-17(23)11-28-19/h3-10H,11H2,1-2H3,(H,21,22,23)/b20-10+. The number of methoxy groups -OCH3 is 2. The van der Waals surface area contributed by atoms with Crippen molar-refractivity contribution in [2.24, 2.45) is 10.2 Å². The third kappa shape index (κ3) is 4.68. The predicted octanol–water partition coefficient (Wildman–Crippen LogP) is 2.48. The van der Waals surface area contributed by atoms with Crippen LogP contribution in [0.25, 0.3) is 0 Å². The number of ether oxygens (including phenoxy) is 3. The lowest BCUT2D eigenvalue weighted by Gasteiger charge is -2.11. The molecule has 0 bridgehead atoms. The van der Waals surface area contributed by atoms with Crippen LogP contribution in [-0.4, -0.2) is 43.2 Å². The summed E-state index contributed by atoms with van der Waals surface area (Å²) in [6.45, 7) is 0. The third-order valence-electron chi connectivity index (χ3n) is 3.66. The van der Waals surface area contributed by atoms with Gasteiger partial charge in [0.15, 0.2) is 16.7 Å². The van der Waals surface area contributed by atoms with Gasteiger partial charge < -0.3 is 19.5 Å². The number of carbonyl (C=O) groups is 2. The number of carbonyl (C=O) groups excluding carboxylic acids is 2. The van der Waals surface area contributed by atoms with Crippen LogP contribution in [0.4, 0.5) is 0 Å². The molecule has 0 aliphatic carbocycles. The second kappa shape index (κ2) is 9.05. The molecular formula is C19H17N3O5S. The van der Waals surface area contributed by atoms with Crippen molar-refractivity contribution in [1.82, 2.24) is 5.32 Å². The first-order chi connectivity index (χ1) is 13.6. The van der Waals surface area contributed by atoms with Crippen LogP contribution in [0.3, 0.4) is 0 Å². The molecule has 1 N–H and O–H groups in total. The minimum atomic E-state index is -0.558. The number of rotatable bonds is 6. The van der Waals surface area contributed by atoms with Crippen molar-refractivity contribution in [3.8, 4) is 17.2 Å². The van der Waals surface area contributed by atoms with Crippen molar-refractivity contribution < 1.29 is 23.8 Å². The number of nitrogens with one attached hydrogen (secondary N) is 1. The fourth-order valence-electron chi connectivity index (χ4n) is 2.34. The number of hydrogen-bond acceptors (Lipinski definition) is 8. The normalized spacial score (nSPS) is 14.9. The highest BCUT2D eigenvalue weighted by molar-refractivity contribution is 8.15. The molecule has 144 valence electrons. The molecule has 9 heteroatoms. The number of amides is 1. The fourth-order valence-corrected chi connectivity index (χ4v) is 2.97. The number of para-hydroxylation sites is 1. The zero-order valence-corrected chi connectivity index (χ0v) is 16.0. The molecule has 1 amide bonds. The molecule has 1 aliphatic rings. The van der Waals surface area contributed by atoms with Gasteiger partial charge in [-0.05, 0) is 35.9 Å². The topological polar surface area (TPSA) is 98.6 Å². The predicted molar refractivity (Wildman–Crippen MR) is 107 cm³/mol. The van der Waals surface area contributed by atoms with Gasteiger partial charge in [0, 0.05) is 0 Å². The van der Waals surface area contributed by atoms with Crippen LogP contribution < -0.4 is 19.5 Å². The van der Waals surface area contributed by atoms with Gasteiger partial charge in [0.1, 0.15) is 11.3 Å². The number of amidine groups is 1. The van der Waals surface area contributed by atoms with Gasteiger partial charge in [-0.25, -0.2) is 4.79 Å². The Morgan fingerprint density at radius 3 is 2.61 bits per heavy atom. The fraction of sp³-hybridized carbons (Fsp3) is 0.158. The Kier molecular flexibility index (Phi) is 6.28. The highest BCUT2D eigenvalue weighted by Crippen LogP contribution is 2.29. The van der Waals surface area contributed by atoms with E-state index in [9.17, 15) is 9.59 Å². The van der Waals surface area contributed by atoms with Gasteiger partial charge in [-0.3, -0.25) is 4.79 Å². The van der Waals surface area contributed by atoms with Crippen LogP contribution in [0.15, 0.2) is 52.7 Å². The Hall–Kier alpha value is -3.33. The largest absolute Gasteiger partial charge is 0.496 e. The minimum absolute atomic E-state index is 0.0955.